The van der Waals surface area contributed by atoms with Crippen LogP contribution in [-0.4, -0.2) is 20.5 Å². The van der Waals surface area contributed by atoms with Crippen LogP contribution in [0.4, 0.5) is 0 Å². The number of nitrogens with zero attached hydrogens (tertiary/aromatic N) is 2. The minimum atomic E-state index is -0.968. The number of aromatic nitrogens is 2. The van der Waals surface area contributed by atoms with Crippen molar-refractivity contribution in [1.82, 2.24) is 9.38 Å². The first-order valence-corrected chi connectivity index (χ1v) is 7.26. The van der Waals surface area contributed by atoms with Crippen LogP contribution >= 0.6 is 11.3 Å². The van der Waals surface area contributed by atoms with Gasteiger partial charge in [0.2, 0.25) is 0 Å². The minimum Gasteiger partial charge on any atom is -0.476 e. The summed E-state index contributed by atoms with van der Waals surface area (Å²) >= 11 is 1.50. The van der Waals surface area contributed by atoms with Gasteiger partial charge in [-0.05, 0) is 12.1 Å². The van der Waals surface area contributed by atoms with E-state index in [2.05, 4.69) is 4.98 Å². The zero-order valence-electron chi connectivity index (χ0n) is 10.9. The van der Waals surface area contributed by atoms with Gasteiger partial charge in [0.25, 0.3) is 0 Å². The molecule has 2 heterocycles. The predicted molar refractivity (Wildman–Crippen MR) is 83.0 cm³/mol. The molecular formula is C16H10N2O2S. The van der Waals surface area contributed by atoms with Crippen LogP contribution in [-0.2, 0) is 0 Å². The summed E-state index contributed by atoms with van der Waals surface area (Å²) in [5.74, 6) is -0.968. The van der Waals surface area contributed by atoms with E-state index >= 15 is 0 Å². The smallest absolute Gasteiger partial charge is 0.355 e. The lowest BCUT2D eigenvalue weighted by molar-refractivity contribution is 0.0691. The molecule has 0 amide bonds. The van der Waals surface area contributed by atoms with Gasteiger partial charge in [0.15, 0.2) is 10.7 Å². The molecule has 0 fully saturated rings. The summed E-state index contributed by atoms with van der Waals surface area (Å²) in [5, 5.41) is 9.64. The minimum absolute atomic E-state index is 0.216. The van der Waals surface area contributed by atoms with Gasteiger partial charge in [-0.25, -0.2) is 9.78 Å². The first-order valence-electron chi connectivity index (χ1n) is 6.44. The Hall–Kier alpha value is -2.66. The lowest BCUT2D eigenvalue weighted by Gasteiger charge is -2.00. The molecule has 0 saturated carbocycles. The average molecular weight is 294 g/mol. The van der Waals surface area contributed by atoms with E-state index in [1.807, 2.05) is 54.6 Å². The number of aromatic carboxylic acids is 1. The van der Waals surface area contributed by atoms with Crippen LogP contribution in [0.15, 0.2) is 54.6 Å². The largest absolute Gasteiger partial charge is 0.476 e. The molecule has 4 rings (SSSR count). The highest BCUT2D eigenvalue weighted by atomic mass is 32.1. The summed E-state index contributed by atoms with van der Waals surface area (Å²) in [6, 6.07) is 17.2. The van der Waals surface area contributed by atoms with Crippen LogP contribution in [0.3, 0.4) is 0 Å². The molecule has 0 unspecified atom stereocenters. The fourth-order valence-corrected chi connectivity index (χ4v) is 3.54. The molecule has 0 radical (unpaired) electrons. The molecule has 0 aliphatic rings. The van der Waals surface area contributed by atoms with Crippen LogP contribution in [0.25, 0.3) is 26.4 Å². The second-order valence-electron chi connectivity index (χ2n) is 4.67. The van der Waals surface area contributed by atoms with Gasteiger partial charge in [-0.3, -0.25) is 4.40 Å². The van der Waals surface area contributed by atoms with Crippen molar-refractivity contribution >= 4 is 32.5 Å². The van der Waals surface area contributed by atoms with Crippen LogP contribution in [0.5, 0.6) is 0 Å². The van der Waals surface area contributed by atoms with Gasteiger partial charge in [0, 0.05) is 5.56 Å². The lowest BCUT2D eigenvalue weighted by atomic mass is 10.1. The highest BCUT2D eigenvalue weighted by Gasteiger charge is 2.22. The predicted octanol–water partition coefficient (Wildman–Crippen LogP) is 3.91. The Labute approximate surface area is 123 Å². The van der Waals surface area contributed by atoms with E-state index in [4.69, 9.17) is 0 Å². The van der Waals surface area contributed by atoms with E-state index in [0.717, 1.165) is 15.8 Å². The second-order valence-corrected chi connectivity index (χ2v) is 5.68. The van der Waals surface area contributed by atoms with Crippen molar-refractivity contribution in [2.45, 2.75) is 0 Å². The number of benzene rings is 2. The van der Waals surface area contributed by atoms with Gasteiger partial charge < -0.3 is 5.11 Å². The molecule has 0 saturated heterocycles. The Bertz CT molecular complexity index is 970. The summed E-state index contributed by atoms with van der Waals surface area (Å²) in [6.45, 7) is 0. The van der Waals surface area contributed by atoms with E-state index in [1.54, 1.807) is 4.40 Å². The first-order chi connectivity index (χ1) is 10.3. The number of rotatable bonds is 2. The Morgan fingerprint density at radius 2 is 1.76 bits per heavy atom. The molecule has 0 aliphatic heterocycles. The monoisotopic (exact) mass is 294 g/mol. The van der Waals surface area contributed by atoms with Crippen molar-refractivity contribution in [3.8, 4) is 11.3 Å². The second kappa shape index (κ2) is 4.43. The van der Waals surface area contributed by atoms with Crippen molar-refractivity contribution in [3.63, 3.8) is 0 Å². The molecule has 0 bridgehead atoms. The number of imidazole rings is 1. The van der Waals surface area contributed by atoms with Gasteiger partial charge in [-0.15, -0.1) is 0 Å². The fraction of sp³-hybridized carbons (Fsp3) is 0. The number of carboxylic acids is 1. The summed E-state index contributed by atoms with van der Waals surface area (Å²) in [5.41, 5.74) is 2.42. The summed E-state index contributed by atoms with van der Waals surface area (Å²) < 4.78 is 2.76. The highest BCUT2D eigenvalue weighted by molar-refractivity contribution is 7.23. The van der Waals surface area contributed by atoms with Crippen molar-refractivity contribution in [3.05, 3.63) is 60.3 Å². The number of carboxylic acid groups (broad SMARTS) is 1. The van der Waals surface area contributed by atoms with Gasteiger partial charge in [0.1, 0.15) is 5.69 Å². The number of carbonyl (C=O) groups is 1. The lowest BCUT2D eigenvalue weighted by Crippen LogP contribution is -2.03. The Kier molecular flexibility index (Phi) is 2.55. The molecule has 0 spiro atoms. The van der Waals surface area contributed by atoms with Crippen molar-refractivity contribution in [2.24, 2.45) is 0 Å². The number of para-hydroxylation sites is 1. The van der Waals surface area contributed by atoms with Gasteiger partial charge >= 0.3 is 5.97 Å². The summed E-state index contributed by atoms with van der Waals surface area (Å²) in [7, 11) is 0. The van der Waals surface area contributed by atoms with E-state index in [1.165, 1.54) is 11.3 Å². The standard InChI is InChI=1S/C16H10N2O2S/c19-15(20)14-13(10-6-2-1-3-7-10)17-16-18(14)11-8-4-5-9-12(11)21-16/h1-9H,(H,19,20). The summed E-state index contributed by atoms with van der Waals surface area (Å²) in [6.07, 6.45) is 0. The van der Waals surface area contributed by atoms with Crippen LogP contribution < -0.4 is 0 Å². The molecule has 102 valence electrons. The fourth-order valence-electron chi connectivity index (χ4n) is 2.51. The molecule has 4 aromatic rings. The number of thiazole rings is 1. The highest BCUT2D eigenvalue weighted by Crippen LogP contribution is 2.32. The van der Waals surface area contributed by atoms with E-state index < -0.39 is 5.97 Å². The van der Waals surface area contributed by atoms with E-state index in [0.29, 0.717) is 10.7 Å². The average Bonchev–Trinajstić information content (AvgIpc) is 3.03. The third-order valence-electron chi connectivity index (χ3n) is 3.40. The van der Waals surface area contributed by atoms with Crippen LogP contribution in [0.2, 0.25) is 0 Å². The molecule has 21 heavy (non-hydrogen) atoms. The molecule has 2 aromatic carbocycles. The van der Waals surface area contributed by atoms with Crippen molar-refractivity contribution in [2.75, 3.05) is 0 Å². The number of fused-ring (bicyclic) bond motifs is 3. The maximum Gasteiger partial charge on any atom is 0.355 e. The van der Waals surface area contributed by atoms with Gasteiger partial charge in [0.05, 0.1) is 10.2 Å². The third kappa shape index (κ3) is 1.75. The maximum atomic E-state index is 11.8. The summed E-state index contributed by atoms with van der Waals surface area (Å²) in [4.78, 5) is 17.0. The van der Waals surface area contributed by atoms with Crippen LogP contribution in [0.1, 0.15) is 10.5 Å². The third-order valence-corrected chi connectivity index (χ3v) is 4.43. The maximum absolute atomic E-state index is 11.8. The van der Waals surface area contributed by atoms with E-state index in [-0.39, 0.29) is 5.69 Å². The zero-order valence-corrected chi connectivity index (χ0v) is 11.7. The van der Waals surface area contributed by atoms with E-state index in [9.17, 15) is 9.90 Å². The molecule has 0 aliphatic carbocycles. The number of hydrogen-bond acceptors (Lipinski definition) is 3. The Balaban J connectivity index is 2.14. The SMILES string of the molecule is O=C(O)c1c(-c2ccccc2)nc2sc3ccccc3n12. The van der Waals surface area contributed by atoms with Gasteiger partial charge in [-0.2, -0.15) is 0 Å². The molecular weight excluding hydrogens is 284 g/mol. The van der Waals surface area contributed by atoms with Crippen LogP contribution in [0, 0.1) is 0 Å². The topological polar surface area (TPSA) is 54.6 Å². The molecule has 1 N–H and O–H groups in total. The molecule has 2 aromatic heterocycles. The molecule has 4 nitrogen and oxygen atoms in total. The quantitative estimate of drug-likeness (QED) is 0.609. The Morgan fingerprint density at radius 3 is 2.52 bits per heavy atom. The molecule has 5 heteroatoms. The van der Waals surface area contributed by atoms with Crippen molar-refractivity contribution in [1.29, 1.82) is 0 Å². The zero-order chi connectivity index (χ0) is 14.4. The number of hydrogen-bond donors (Lipinski definition) is 1. The van der Waals surface area contributed by atoms with Crippen molar-refractivity contribution < 1.29 is 9.90 Å². The van der Waals surface area contributed by atoms with Gasteiger partial charge in [-0.1, -0.05) is 53.8 Å². The molecule has 0 atom stereocenters. The normalized spacial score (nSPS) is 11.2. The Morgan fingerprint density at radius 1 is 1.05 bits per heavy atom. The first kappa shape index (κ1) is 12.1.